The second-order valence-electron chi connectivity index (χ2n) is 22.3. The molecule has 0 saturated heterocycles. The fraction of sp³-hybridized carbons (Fsp3) is 0.0500. The van der Waals surface area contributed by atoms with Gasteiger partial charge in [-0.3, -0.25) is 0 Å². The van der Waals surface area contributed by atoms with Crippen LogP contribution in [-0.4, -0.2) is 0 Å². The summed E-state index contributed by atoms with van der Waals surface area (Å²) in [5, 5.41) is 10.2. The topological polar surface area (TPSA) is 0 Å². The van der Waals surface area contributed by atoms with Gasteiger partial charge in [-0.05, 0) is 240 Å². The van der Waals surface area contributed by atoms with E-state index in [2.05, 4.69) is 282 Å². The Morgan fingerprint density at radius 2 is 0.575 bits per heavy atom. The molecule has 0 bridgehead atoms. The Bertz CT molecular complexity index is 4890. The molecule has 0 fully saturated rings. The SMILES string of the molecule is Cc1cccc(C)c1-c1ccc2c(-c3ccccc3)c3c(c(-c4ccccc4)c2c1)-c1cccc2cc(-c4ccc5c(-c6ccccc6)c6c(c(-c7ccccc7)c5c4)-c4cccc5c(-c7c(C)cccc7C)ccc-6c45)cc-3c12. The molecule has 0 nitrogen and oxygen atoms in total. The van der Waals surface area contributed by atoms with Gasteiger partial charge in [-0.2, -0.15) is 0 Å². The van der Waals surface area contributed by atoms with Crippen LogP contribution in [0.25, 0.3) is 165 Å². The first-order chi connectivity index (χ1) is 39.4. The molecule has 374 valence electrons. The van der Waals surface area contributed by atoms with E-state index in [-0.39, 0.29) is 0 Å². The highest BCUT2D eigenvalue weighted by atomic mass is 14.4. The molecule has 14 aromatic rings. The molecular weight excluding hydrogens is 961 g/mol. The molecule has 0 heteroatoms. The highest BCUT2D eigenvalue weighted by Gasteiger charge is 2.34. The number of hydrogen-bond donors (Lipinski definition) is 0. The van der Waals surface area contributed by atoms with Crippen molar-refractivity contribution in [2.45, 2.75) is 27.7 Å². The third kappa shape index (κ3) is 6.76. The van der Waals surface area contributed by atoms with Gasteiger partial charge in [0.2, 0.25) is 0 Å². The van der Waals surface area contributed by atoms with Crippen LogP contribution in [0.1, 0.15) is 22.3 Å². The van der Waals surface area contributed by atoms with E-state index >= 15 is 0 Å². The molecule has 0 radical (unpaired) electrons. The van der Waals surface area contributed by atoms with Crippen LogP contribution in [-0.2, 0) is 0 Å². The normalized spacial score (nSPS) is 12.0. The van der Waals surface area contributed by atoms with Crippen molar-refractivity contribution in [1.82, 2.24) is 0 Å². The van der Waals surface area contributed by atoms with Crippen molar-refractivity contribution >= 4 is 43.1 Å². The lowest BCUT2D eigenvalue weighted by Gasteiger charge is -2.22. The minimum absolute atomic E-state index is 1.19. The Morgan fingerprint density at radius 3 is 1.10 bits per heavy atom. The van der Waals surface area contributed by atoms with E-state index in [4.69, 9.17) is 0 Å². The molecule has 14 aromatic carbocycles. The monoisotopic (exact) mass is 1010 g/mol. The van der Waals surface area contributed by atoms with Gasteiger partial charge in [-0.15, -0.1) is 0 Å². The molecule has 0 saturated carbocycles. The van der Waals surface area contributed by atoms with Crippen molar-refractivity contribution < 1.29 is 0 Å². The first-order valence-electron chi connectivity index (χ1n) is 28.2. The molecule has 0 N–H and O–H groups in total. The van der Waals surface area contributed by atoms with Crippen molar-refractivity contribution in [2.24, 2.45) is 0 Å². The minimum atomic E-state index is 1.19. The lowest BCUT2D eigenvalue weighted by atomic mass is 9.81. The quantitative estimate of drug-likeness (QED) is 0.149. The summed E-state index contributed by atoms with van der Waals surface area (Å²) >= 11 is 0. The number of aryl methyl sites for hydroxylation is 4. The fourth-order valence-corrected chi connectivity index (χ4v) is 14.6. The smallest absolute Gasteiger partial charge is 0.000720 e. The van der Waals surface area contributed by atoms with Gasteiger partial charge >= 0.3 is 0 Å². The lowest BCUT2D eigenvalue weighted by molar-refractivity contribution is 1.38. The maximum atomic E-state index is 2.52. The number of benzene rings is 14. The third-order valence-corrected chi connectivity index (χ3v) is 17.8. The molecule has 2 aliphatic rings. The van der Waals surface area contributed by atoms with E-state index in [0.29, 0.717) is 0 Å². The van der Waals surface area contributed by atoms with E-state index in [9.17, 15) is 0 Å². The van der Waals surface area contributed by atoms with E-state index in [1.165, 1.54) is 188 Å². The highest BCUT2D eigenvalue weighted by Crippen LogP contribution is 2.61. The van der Waals surface area contributed by atoms with E-state index < -0.39 is 0 Å². The van der Waals surface area contributed by atoms with Gasteiger partial charge in [0.05, 0.1) is 0 Å². The Kier molecular flexibility index (Phi) is 10.3. The predicted octanol–water partition coefficient (Wildman–Crippen LogP) is 22.5. The zero-order chi connectivity index (χ0) is 53.3. The summed E-state index contributed by atoms with van der Waals surface area (Å²) in [5.74, 6) is 0. The number of fused-ring (bicyclic) bond motifs is 8. The summed E-state index contributed by atoms with van der Waals surface area (Å²) in [6.07, 6.45) is 0. The maximum absolute atomic E-state index is 2.52. The lowest BCUT2D eigenvalue weighted by Crippen LogP contribution is -1.95. The average Bonchev–Trinajstić information content (AvgIpc) is 3.49. The molecule has 0 amide bonds. The van der Waals surface area contributed by atoms with Crippen molar-refractivity contribution in [2.75, 3.05) is 0 Å². The zero-order valence-electron chi connectivity index (χ0n) is 45.2. The van der Waals surface area contributed by atoms with Crippen LogP contribution in [0.4, 0.5) is 0 Å². The van der Waals surface area contributed by atoms with Crippen molar-refractivity contribution in [3.8, 4) is 122 Å². The van der Waals surface area contributed by atoms with Crippen molar-refractivity contribution in [3.63, 3.8) is 0 Å². The van der Waals surface area contributed by atoms with Gasteiger partial charge < -0.3 is 0 Å². The van der Waals surface area contributed by atoms with Gasteiger partial charge in [-0.1, -0.05) is 231 Å². The number of hydrogen-bond acceptors (Lipinski definition) is 0. The largest absolute Gasteiger partial charge is 0.0622 e. The summed E-state index contributed by atoms with van der Waals surface area (Å²) < 4.78 is 0. The zero-order valence-corrected chi connectivity index (χ0v) is 45.2. The van der Waals surface area contributed by atoms with Crippen LogP contribution in [0.5, 0.6) is 0 Å². The molecule has 0 aromatic heterocycles. The van der Waals surface area contributed by atoms with Crippen LogP contribution < -0.4 is 0 Å². The highest BCUT2D eigenvalue weighted by molar-refractivity contribution is 6.31. The Balaban J connectivity index is 0.991. The summed E-state index contributed by atoms with van der Waals surface area (Å²) in [6.45, 7) is 8.99. The Hall–Kier alpha value is -9.88. The van der Waals surface area contributed by atoms with Gasteiger partial charge in [0, 0.05) is 0 Å². The van der Waals surface area contributed by atoms with Crippen molar-refractivity contribution in [1.29, 1.82) is 0 Å². The molecular formula is C80H54. The Labute approximate surface area is 467 Å². The average molecular weight is 1020 g/mol. The van der Waals surface area contributed by atoms with Gasteiger partial charge in [0.15, 0.2) is 0 Å². The first kappa shape index (κ1) is 46.2. The van der Waals surface area contributed by atoms with Gasteiger partial charge in [0.25, 0.3) is 0 Å². The molecule has 0 spiro atoms. The molecule has 0 unspecified atom stereocenters. The van der Waals surface area contributed by atoms with E-state index in [0.717, 1.165) is 0 Å². The van der Waals surface area contributed by atoms with Crippen LogP contribution in [0.15, 0.2) is 255 Å². The van der Waals surface area contributed by atoms with Crippen LogP contribution >= 0.6 is 0 Å². The van der Waals surface area contributed by atoms with E-state index in [1.807, 2.05) is 0 Å². The molecule has 0 aliphatic heterocycles. The molecule has 16 rings (SSSR count). The van der Waals surface area contributed by atoms with Gasteiger partial charge in [-0.25, -0.2) is 0 Å². The summed E-state index contributed by atoms with van der Waals surface area (Å²) in [7, 11) is 0. The molecule has 0 atom stereocenters. The second-order valence-corrected chi connectivity index (χ2v) is 22.3. The van der Waals surface area contributed by atoms with Crippen LogP contribution in [0, 0.1) is 27.7 Å². The second kappa shape index (κ2) is 17.8. The molecule has 80 heavy (non-hydrogen) atoms. The predicted molar refractivity (Wildman–Crippen MR) is 342 cm³/mol. The summed E-state index contributed by atoms with van der Waals surface area (Å²) in [4.78, 5) is 0. The van der Waals surface area contributed by atoms with Gasteiger partial charge in [0.1, 0.15) is 0 Å². The Morgan fingerprint density at radius 1 is 0.175 bits per heavy atom. The summed E-state index contributed by atoms with van der Waals surface area (Å²) in [6, 6.07) is 96.3. The molecule has 0 heterocycles. The standard InChI is InChI=1S/C80H54/c1-47-21-17-22-48(2)69(47)57-38-40-62-67(45-57)75(54-31-15-8-16-32-54)77-63-35-19-33-56-43-58(46-68(71(56)63)80(77)73(62)52-27-11-6-12-28-52)55-37-39-61-66(44-55)74(53-29-13-7-14-30-53)78-64-36-20-34-59-60(70-49(3)23-18-24-50(70)4)41-42-65(76(59)64)79(78)72(61)51-25-9-5-10-26-51/h5-46H,1-4H3. The third-order valence-electron chi connectivity index (χ3n) is 17.8. The summed E-state index contributed by atoms with van der Waals surface area (Å²) in [5.41, 5.74) is 33.1. The first-order valence-corrected chi connectivity index (χ1v) is 28.2. The van der Waals surface area contributed by atoms with Crippen LogP contribution in [0.2, 0.25) is 0 Å². The molecule has 2 aliphatic carbocycles. The minimum Gasteiger partial charge on any atom is -0.0622 e. The van der Waals surface area contributed by atoms with E-state index in [1.54, 1.807) is 0 Å². The van der Waals surface area contributed by atoms with Crippen molar-refractivity contribution in [3.05, 3.63) is 277 Å². The maximum Gasteiger partial charge on any atom is -0.000720 e. The fourth-order valence-electron chi connectivity index (χ4n) is 14.6. The van der Waals surface area contributed by atoms with Crippen LogP contribution in [0.3, 0.4) is 0 Å². The number of rotatable bonds is 7.